The topological polar surface area (TPSA) is 68.5 Å². The molecule has 0 aromatic carbocycles. The van der Waals surface area contributed by atoms with E-state index in [2.05, 4.69) is 14.9 Å². The van der Waals surface area contributed by atoms with Gasteiger partial charge in [0, 0.05) is 13.1 Å². The monoisotopic (exact) mass is 211 g/mol. The summed E-state index contributed by atoms with van der Waals surface area (Å²) in [5.41, 5.74) is 0. The smallest absolute Gasteiger partial charge is 0.315 e. The normalized spacial score (nSPS) is 15.7. The van der Waals surface area contributed by atoms with Crippen LogP contribution in [0, 0.1) is 0 Å². The minimum atomic E-state index is -0.369. The Labute approximate surface area is 87.2 Å². The predicted molar refractivity (Wildman–Crippen MR) is 51.5 cm³/mol. The van der Waals surface area contributed by atoms with Gasteiger partial charge in [-0.05, 0) is 18.0 Å². The second-order valence-corrected chi connectivity index (χ2v) is 3.44. The van der Waals surface area contributed by atoms with E-state index in [1.807, 2.05) is 4.90 Å². The molecule has 0 spiro atoms. The highest BCUT2D eigenvalue weighted by molar-refractivity contribution is 5.71. The summed E-state index contributed by atoms with van der Waals surface area (Å²) in [7, 11) is 1.33. The molecule has 1 aromatic rings. The Hall–Kier alpha value is -1.59. The van der Waals surface area contributed by atoms with Crippen LogP contribution in [-0.2, 0) is 16.0 Å². The molecule has 2 rings (SSSR count). The number of ether oxygens (including phenoxy) is 1. The Bertz CT molecular complexity index is 344. The third kappa shape index (κ3) is 2.26. The summed E-state index contributed by atoms with van der Waals surface area (Å²) in [6, 6.07) is 0. The standard InChI is InChI=1S/C9H13N3O3/c1-14-8(13)6-7-10-9(11-15-7)12-4-2-3-5-12/h2-6H2,1H3. The lowest BCUT2D eigenvalue weighted by molar-refractivity contribution is -0.140. The first-order valence-electron chi connectivity index (χ1n) is 4.94. The summed E-state index contributed by atoms with van der Waals surface area (Å²) in [4.78, 5) is 17.1. The van der Waals surface area contributed by atoms with Gasteiger partial charge >= 0.3 is 5.97 Å². The zero-order valence-electron chi connectivity index (χ0n) is 8.60. The Morgan fingerprint density at radius 3 is 2.93 bits per heavy atom. The van der Waals surface area contributed by atoms with Gasteiger partial charge in [-0.3, -0.25) is 4.79 Å². The molecule has 0 bridgehead atoms. The van der Waals surface area contributed by atoms with Gasteiger partial charge < -0.3 is 14.2 Å². The zero-order valence-corrected chi connectivity index (χ0v) is 8.60. The van der Waals surface area contributed by atoms with Crippen LogP contribution in [0.15, 0.2) is 4.52 Å². The van der Waals surface area contributed by atoms with Crippen LogP contribution in [-0.4, -0.2) is 36.3 Å². The van der Waals surface area contributed by atoms with Crippen molar-refractivity contribution in [1.82, 2.24) is 10.1 Å². The van der Waals surface area contributed by atoms with Crippen molar-refractivity contribution >= 4 is 11.9 Å². The van der Waals surface area contributed by atoms with Crippen LogP contribution in [0.2, 0.25) is 0 Å². The van der Waals surface area contributed by atoms with E-state index >= 15 is 0 Å². The molecule has 0 radical (unpaired) electrons. The third-order valence-electron chi connectivity index (χ3n) is 2.37. The number of esters is 1. The number of methoxy groups -OCH3 is 1. The molecule has 0 aliphatic carbocycles. The third-order valence-corrected chi connectivity index (χ3v) is 2.37. The molecule has 6 nitrogen and oxygen atoms in total. The summed E-state index contributed by atoms with van der Waals surface area (Å²) in [5, 5.41) is 3.82. The second-order valence-electron chi connectivity index (χ2n) is 3.44. The summed E-state index contributed by atoms with van der Waals surface area (Å²) in [6.07, 6.45) is 2.35. The van der Waals surface area contributed by atoms with Crippen LogP contribution < -0.4 is 4.90 Å². The van der Waals surface area contributed by atoms with Crippen molar-refractivity contribution in [2.24, 2.45) is 0 Å². The number of hydrogen-bond donors (Lipinski definition) is 0. The quantitative estimate of drug-likeness (QED) is 0.673. The second kappa shape index (κ2) is 4.29. The lowest BCUT2D eigenvalue weighted by Gasteiger charge is -2.09. The van der Waals surface area contributed by atoms with E-state index in [0.717, 1.165) is 25.9 Å². The van der Waals surface area contributed by atoms with Crippen molar-refractivity contribution < 1.29 is 14.1 Å². The fraction of sp³-hybridized carbons (Fsp3) is 0.667. The maximum absolute atomic E-state index is 10.9. The minimum absolute atomic E-state index is 0.0390. The van der Waals surface area contributed by atoms with Gasteiger partial charge in [0.25, 0.3) is 5.95 Å². The van der Waals surface area contributed by atoms with Crippen LogP contribution in [0.4, 0.5) is 5.95 Å². The molecule has 0 saturated carbocycles. The number of aromatic nitrogens is 2. The number of hydrogen-bond acceptors (Lipinski definition) is 6. The Balaban J connectivity index is 2.00. The largest absolute Gasteiger partial charge is 0.469 e. The van der Waals surface area contributed by atoms with Crippen molar-refractivity contribution in [1.29, 1.82) is 0 Å². The van der Waals surface area contributed by atoms with Crippen LogP contribution in [0.3, 0.4) is 0 Å². The van der Waals surface area contributed by atoms with Gasteiger partial charge in [-0.2, -0.15) is 4.98 Å². The number of nitrogens with zero attached hydrogens (tertiary/aromatic N) is 3. The fourth-order valence-electron chi connectivity index (χ4n) is 1.56. The molecule has 1 fully saturated rings. The van der Waals surface area contributed by atoms with E-state index < -0.39 is 0 Å². The molecule has 1 aliphatic heterocycles. The number of carbonyl (C=O) groups excluding carboxylic acids is 1. The van der Waals surface area contributed by atoms with E-state index in [0.29, 0.717) is 11.8 Å². The van der Waals surface area contributed by atoms with E-state index in [1.54, 1.807) is 0 Å². The summed E-state index contributed by atoms with van der Waals surface area (Å²) in [6.45, 7) is 1.91. The fourth-order valence-corrected chi connectivity index (χ4v) is 1.56. The molecule has 2 heterocycles. The lowest BCUT2D eigenvalue weighted by atomic mass is 10.4. The Kier molecular flexibility index (Phi) is 2.84. The van der Waals surface area contributed by atoms with Crippen LogP contribution in [0.5, 0.6) is 0 Å². The van der Waals surface area contributed by atoms with Crippen molar-refractivity contribution in [2.75, 3.05) is 25.1 Å². The molecular formula is C9H13N3O3. The van der Waals surface area contributed by atoms with Crippen molar-refractivity contribution in [3.63, 3.8) is 0 Å². The van der Waals surface area contributed by atoms with Gasteiger partial charge in [0.1, 0.15) is 6.42 Å². The molecule has 1 aliphatic rings. The molecule has 1 saturated heterocycles. The van der Waals surface area contributed by atoms with E-state index in [-0.39, 0.29) is 12.4 Å². The average Bonchev–Trinajstić information content (AvgIpc) is 2.85. The van der Waals surface area contributed by atoms with Gasteiger partial charge in [-0.25, -0.2) is 0 Å². The molecule has 1 aromatic heterocycles. The SMILES string of the molecule is COC(=O)Cc1nc(N2CCCC2)no1. The van der Waals surface area contributed by atoms with Crippen LogP contribution in [0.1, 0.15) is 18.7 Å². The first-order chi connectivity index (χ1) is 7.29. The van der Waals surface area contributed by atoms with Crippen molar-refractivity contribution in [2.45, 2.75) is 19.3 Å². The summed E-state index contributed by atoms with van der Waals surface area (Å²) < 4.78 is 9.45. The highest BCUT2D eigenvalue weighted by Gasteiger charge is 2.19. The molecule has 0 atom stereocenters. The molecule has 0 N–H and O–H groups in total. The maximum Gasteiger partial charge on any atom is 0.315 e. The van der Waals surface area contributed by atoms with E-state index in [9.17, 15) is 4.79 Å². The van der Waals surface area contributed by atoms with Crippen LogP contribution in [0.25, 0.3) is 0 Å². The van der Waals surface area contributed by atoms with Crippen molar-refractivity contribution in [3.05, 3.63) is 5.89 Å². The number of anilines is 1. The first-order valence-corrected chi connectivity index (χ1v) is 4.94. The maximum atomic E-state index is 10.9. The highest BCUT2D eigenvalue weighted by atomic mass is 16.5. The predicted octanol–water partition coefficient (Wildman–Crippen LogP) is 0.385. The summed E-state index contributed by atoms with van der Waals surface area (Å²) in [5.74, 6) is 0.516. The molecule has 0 amide bonds. The molecule has 82 valence electrons. The number of rotatable bonds is 3. The van der Waals surface area contributed by atoms with Crippen LogP contribution >= 0.6 is 0 Å². The molecule has 15 heavy (non-hydrogen) atoms. The molecular weight excluding hydrogens is 198 g/mol. The van der Waals surface area contributed by atoms with Gasteiger partial charge in [0.15, 0.2) is 0 Å². The van der Waals surface area contributed by atoms with Crippen molar-refractivity contribution in [3.8, 4) is 0 Å². The number of carbonyl (C=O) groups is 1. The van der Waals surface area contributed by atoms with Gasteiger partial charge in [0.2, 0.25) is 5.89 Å². The van der Waals surface area contributed by atoms with Gasteiger partial charge in [0.05, 0.1) is 7.11 Å². The zero-order chi connectivity index (χ0) is 10.7. The van der Waals surface area contributed by atoms with E-state index in [1.165, 1.54) is 7.11 Å². The van der Waals surface area contributed by atoms with E-state index in [4.69, 9.17) is 4.52 Å². The Morgan fingerprint density at radius 1 is 1.53 bits per heavy atom. The minimum Gasteiger partial charge on any atom is -0.469 e. The first kappa shape index (κ1) is 9.95. The summed E-state index contributed by atoms with van der Waals surface area (Å²) >= 11 is 0. The highest BCUT2D eigenvalue weighted by Crippen LogP contribution is 2.16. The molecule has 0 unspecified atom stereocenters. The molecule has 6 heteroatoms. The average molecular weight is 211 g/mol. The Morgan fingerprint density at radius 2 is 2.27 bits per heavy atom. The van der Waals surface area contributed by atoms with Gasteiger partial charge in [-0.15, -0.1) is 0 Å². The lowest BCUT2D eigenvalue weighted by Crippen LogP contribution is -2.19. The van der Waals surface area contributed by atoms with Gasteiger partial charge in [-0.1, -0.05) is 0 Å².